The molecule has 1 N–H and O–H groups in total. The van der Waals surface area contributed by atoms with Crippen LogP contribution in [0.5, 0.6) is 0 Å². The van der Waals surface area contributed by atoms with Crippen molar-refractivity contribution in [3.8, 4) is 0 Å². The molecule has 0 amide bonds. The summed E-state index contributed by atoms with van der Waals surface area (Å²) in [6, 6.07) is 14.5. The number of halogens is 1. The van der Waals surface area contributed by atoms with E-state index in [-0.39, 0.29) is 5.78 Å². The monoisotopic (exact) mass is 284 g/mol. The van der Waals surface area contributed by atoms with Crippen molar-refractivity contribution < 1.29 is 4.79 Å². The normalized spacial score (nSPS) is 13.8. The quantitative estimate of drug-likeness (QED) is 0.881. The van der Waals surface area contributed by atoms with Crippen molar-refractivity contribution in [2.75, 3.05) is 13.1 Å². The second kappa shape index (κ2) is 5.47. The maximum atomic E-state index is 12.6. The molecule has 1 heterocycles. The van der Waals surface area contributed by atoms with Gasteiger partial charge in [-0.25, -0.2) is 0 Å². The maximum Gasteiger partial charge on any atom is 0.193 e. The van der Waals surface area contributed by atoms with Crippen LogP contribution in [0.2, 0.25) is 5.02 Å². The lowest BCUT2D eigenvalue weighted by atomic mass is 9.98. The first-order valence-electron chi connectivity index (χ1n) is 6.44. The summed E-state index contributed by atoms with van der Waals surface area (Å²) in [6.45, 7) is 1.57. The van der Waals surface area contributed by atoms with Crippen molar-refractivity contribution in [3.63, 3.8) is 0 Å². The number of benzene rings is 2. The molecule has 0 fully saturated rings. The van der Waals surface area contributed by atoms with E-state index < -0.39 is 0 Å². The van der Waals surface area contributed by atoms with Crippen molar-refractivity contribution in [2.45, 2.75) is 0 Å². The molecular weight excluding hydrogens is 272 g/mol. The predicted octanol–water partition coefficient (Wildman–Crippen LogP) is 2.92. The average molecular weight is 285 g/mol. The number of nitrogens with zero attached hydrogens (tertiary/aromatic N) is 1. The average Bonchev–Trinajstić information content (AvgIpc) is 3.01. The number of hydrogen-bond acceptors (Lipinski definition) is 3. The largest absolute Gasteiger partial charge is 0.368 e. The lowest BCUT2D eigenvalue weighted by Gasteiger charge is -2.09. The van der Waals surface area contributed by atoms with E-state index >= 15 is 0 Å². The van der Waals surface area contributed by atoms with Gasteiger partial charge in [-0.3, -0.25) is 9.79 Å². The number of hydrogen-bond donors (Lipinski definition) is 1. The Balaban J connectivity index is 2.01. The summed E-state index contributed by atoms with van der Waals surface area (Å²) in [4.78, 5) is 17.0. The SMILES string of the molecule is O=C(c1ccc(Cl)cc1)c1ccccc1C1=NCCN1. The van der Waals surface area contributed by atoms with Crippen molar-refractivity contribution in [1.82, 2.24) is 5.32 Å². The van der Waals surface area contributed by atoms with Gasteiger partial charge in [0, 0.05) is 28.3 Å². The van der Waals surface area contributed by atoms with Crippen LogP contribution in [0.25, 0.3) is 0 Å². The molecule has 0 aliphatic carbocycles. The Hall–Kier alpha value is -2.13. The number of nitrogens with one attached hydrogen (secondary N) is 1. The number of carbonyl (C=O) groups is 1. The third-order valence-electron chi connectivity index (χ3n) is 3.21. The summed E-state index contributed by atoms with van der Waals surface area (Å²) < 4.78 is 0. The lowest BCUT2D eigenvalue weighted by Crippen LogP contribution is -2.22. The molecule has 4 heteroatoms. The van der Waals surface area contributed by atoms with Crippen LogP contribution < -0.4 is 5.32 Å². The van der Waals surface area contributed by atoms with Gasteiger partial charge < -0.3 is 5.32 Å². The predicted molar refractivity (Wildman–Crippen MR) is 80.7 cm³/mol. The van der Waals surface area contributed by atoms with Gasteiger partial charge in [0.2, 0.25) is 0 Å². The molecule has 1 aliphatic heterocycles. The summed E-state index contributed by atoms with van der Waals surface area (Å²) in [5.41, 5.74) is 2.13. The van der Waals surface area contributed by atoms with E-state index in [4.69, 9.17) is 11.6 Å². The fourth-order valence-electron chi connectivity index (χ4n) is 2.22. The summed E-state index contributed by atoms with van der Waals surface area (Å²) in [5.74, 6) is 0.775. The third-order valence-corrected chi connectivity index (χ3v) is 3.46. The highest BCUT2D eigenvalue weighted by Crippen LogP contribution is 2.18. The van der Waals surface area contributed by atoms with Crippen LogP contribution in [0.15, 0.2) is 53.5 Å². The summed E-state index contributed by atoms with van der Waals surface area (Å²) >= 11 is 5.86. The van der Waals surface area contributed by atoms with Gasteiger partial charge in [-0.05, 0) is 24.3 Å². The fraction of sp³-hybridized carbons (Fsp3) is 0.125. The Morgan fingerprint density at radius 1 is 1.10 bits per heavy atom. The maximum absolute atomic E-state index is 12.6. The van der Waals surface area contributed by atoms with Crippen LogP contribution >= 0.6 is 11.6 Å². The third kappa shape index (κ3) is 2.45. The zero-order chi connectivity index (χ0) is 13.9. The fourth-order valence-corrected chi connectivity index (χ4v) is 2.35. The van der Waals surface area contributed by atoms with Crippen molar-refractivity contribution in [1.29, 1.82) is 0 Å². The molecule has 0 aromatic heterocycles. The van der Waals surface area contributed by atoms with E-state index in [0.29, 0.717) is 16.1 Å². The Labute approximate surface area is 122 Å². The highest BCUT2D eigenvalue weighted by atomic mass is 35.5. The molecule has 2 aromatic rings. The molecule has 0 spiro atoms. The number of aliphatic imine (C=N–C) groups is 1. The van der Waals surface area contributed by atoms with Gasteiger partial charge in [0.05, 0.1) is 6.54 Å². The van der Waals surface area contributed by atoms with Crippen LogP contribution in [0.4, 0.5) is 0 Å². The molecular formula is C16H13ClN2O. The van der Waals surface area contributed by atoms with Gasteiger partial charge in [0.1, 0.15) is 5.84 Å². The second-order valence-electron chi connectivity index (χ2n) is 4.54. The highest BCUT2D eigenvalue weighted by Gasteiger charge is 2.18. The van der Waals surface area contributed by atoms with Gasteiger partial charge in [-0.1, -0.05) is 35.9 Å². The van der Waals surface area contributed by atoms with E-state index in [0.717, 1.165) is 24.5 Å². The van der Waals surface area contributed by atoms with Gasteiger partial charge in [0.25, 0.3) is 0 Å². The molecule has 0 atom stereocenters. The van der Waals surface area contributed by atoms with E-state index in [9.17, 15) is 4.79 Å². The second-order valence-corrected chi connectivity index (χ2v) is 4.98. The summed E-state index contributed by atoms with van der Waals surface area (Å²) in [7, 11) is 0. The molecule has 0 unspecified atom stereocenters. The topological polar surface area (TPSA) is 41.5 Å². The molecule has 0 saturated heterocycles. The van der Waals surface area contributed by atoms with Crippen molar-refractivity contribution in [3.05, 3.63) is 70.2 Å². The smallest absolute Gasteiger partial charge is 0.193 e. The first-order chi connectivity index (χ1) is 9.75. The van der Waals surface area contributed by atoms with E-state index in [1.54, 1.807) is 24.3 Å². The highest BCUT2D eigenvalue weighted by molar-refractivity contribution is 6.30. The van der Waals surface area contributed by atoms with Gasteiger partial charge in [-0.15, -0.1) is 0 Å². The van der Waals surface area contributed by atoms with Crippen LogP contribution in [0.1, 0.15) is 21.5 Å². The lowest BCUT2D eigenvalue weighted by molar-refractivity contribution is 0.103. The zero-order valence-electron chi connectivity index (χ0n) is 10.8. The molecule has 0 radical (unpaired) electrons. The van der Waals surface area contributed by atoms with E-state index in [2.05, 4.69) is 10.3 Å². The Bertz CT molecular complexity index is 677. The molecule has 20 heavy (non-hydrogen) atoms. The first kappa shape index (κ1) is 12.9. The Morgan fingerprint density at radius 3 is 2.55 bits per heavy atom. The molecule has 2 aromatic carbocycles. The molecule has 0 bridgehead atoms. The number of ketones is 1. The minimum atomic E-state index is -0.0198. The Morgan fingerprint density at radius 2 is 1.85 bits per heavy atom. The van der Waals surface area contributed by atoms with Gasteiger partial charge in [-0.2, -0.15) is 0 Å². The number of amidine groups is 1. The van der Waals surface area contributed by atoms with E-state index in [1.807, 2.05) is 24.3 Å². The van der Waals surface area contributed by atoms with Gasteiger partial charge >= 0.3 is 0 Å². The zero-order valence-corrected chi connectivity index (χ0v) is 11.5. The Kier molecular flexibility index (Phi) is 3.52. The minimum Gasteiger partial charge on any atom is -0.368 e. The number of carbonyl (C=O) groups excluding carboxylic acids is 1. The summed E-state index contributed by atoms with van der Waals surface area (Å²) in [6.07, 6.45) is 0. The van der Waals surface area contributed by atoms with Crippen molar-refractivity contribution in [2.24, 2.45) is 4.99 Å². The first-order valence-corrected chi connectivity index (χ1v) is 6.81. The standard InChI is InChI=1S/C16H13ClN2O/c17-12-7-5-11(6-8-12)15(20)13-3-1-2-4-14(13)16-18-9-10-19-16/h1-8H,9-10H2,(H,18,19). The van der Waals surface area contributed by atoms with Crippen molar-refractivity contribution >= 4 is 23.2 Å². The molecule has 3 nitrogen and oxygen atoms in total. The van der Waals surface area contributed by atoms with Crippen LogP contribution in [-0.2, 0) is 0 Å². The van der Waals surface area contributed by atoms with Gasteiger partial charge in [0.15, 0.2) is 5.78 Å². The molecule has 3 rings (SSSR count). The summed E-state index contributed by atoms with van der Waals surface area (Å²) in [5, 5.41) is 3.83. The van der Waals surface area contributed by atoms with Crippen LogP contribution in [-0.4, -0.2) is 24.7 Å². The molecule has 0 saturated carbocycles. The van der Waals surface area contributed by atoms with Crippen LogP contribution in [0, 0.1) is 0 Å². The molecule has 1 aliphatic rings. The van der Waals surface area contributed by atoms with Crippen LogP contribution in [0.3, 0.4) is 0 Å². The molecule has 100 valence electrons. The minimum absolute atomic E-state index is 0.0198. The number of rotatable bonds is 3. The van der Waals surface area contributed by atoms with E-state index in [1.165, 1.54) is 0 Å².